The van der Waals surface area contributed by atoms with E-state index >= 15 is 0 Å². The van der Waals surface area contributed by atoms with Gasteiger partial charge < -0.3 is 14.5 Å². The van der Waals surface area contributed by atoms with E-state index in [1.807, 2.05) is 18.2 Å². The highest BCUT2D eigenvalue weighted by atomic mass is 35.5. The summed E-state index contributed by atoms with van der Waals surface area (Å²) in [5.74, 6) is -0.538. The van der Waals surface area contributed by atoms with E-state index < -0.39 is 11.9 Å². The summed E-state index contributed by atoms with van der Waals surface area (Å²) in [6, 6.07) is 8.45. The fraction of sp³-hybridized carbons (Fsp3) is 0.250. The molecule has 2 aromatic rings. The SMILES string of the molecule is Cc1occc1C(=O)OCC(=O)N[C@H](C)c1ccccc1Cl. The van der Waals surface area contributed by atoms with E-state index in [0.717, 1.165) is 5.56 Å². The molecule has 1 aromatic heterocycles. The zero-order chi connectivity index (χ0) is 16.1. The molecule has 1 atom stereocenters. The third-order valence-corrected chi connectivity index (χ3v) is 3.51. The van der Waals surface area contributed by atoms with Crippen molar-refractivity contribution < 1.29 is 18.7 Å². The van der Waals surface area contributed by atoms with E-state index in [-0.39, 0.29) is 12.6 Å². The van der Waals surface area contributed by atoms with Crippen LogP contribution in [-0.2, 0) is 9.53 Å². The maximum absolute atomic E-state index is 11.8. The molecule has 6 heteroatoms. The van der Waals surface area contributed by atoms with Crippen LogP contribution in [0.3, 0.4) is 0 Å². The highest BCUT2D eigenvalue weighted by molar-refractivity contribution is 6.31. The lowest BCUT2D eigenvalue weighted by atomic mass is 10.1. The molecule has 1 aromatic carbocycles. The number of hydrogen-bond acceptors (Lipinski definition) is 4. The second-order valence-corrected chi connectivity index (χ2v) is 5.18. The van der Waals surface area contributed by atoms with Gasteiger partial charge in [0.1, 0.15) is 11.3 Å². The second-order valence-electron chi connectivity index (χ2n) is 4.78. The second kappa shape index (κ2) is 7.13. The number of ether oxygens (including phenoxy) is 1. The summed E-state index contributed by atoms with van der Waals surface area (Å²) in [6.07, 6.45) is 1.39. The third-order valence-electron chi connectivity index (χ3n) is 3.16. The Bertz CT molecular complexity index is 680. The van der Waals surface area contributed by atoms with Crippen LogP contribution >= 0.6 is 11.6 Å². The molecule has 2 rings (SSSR count). The lowest BCUT2D eigenvalue weighted by Crippen LogP contribution is -2.31. The fourth-order valence-corrected chi connectivity index (χ4v) is 2.29. The van der Waals surface area contributed by atoms with Gasteiger partial charge in [-0.3, -0.25) is 4.79 Å². The molecule has 0 aliphatic heterocycles. The first kappa shape index (κ1) is 16.1. The third kappa shape index (κ3) is 3.89. The largest absolute Gasteiger partial charge is 0.469 e. The van der Waals surface area contributed by atoms with Gasteiger partial charge in [-0.2, -0.15) is 0 Å². The molecule has 1 N–H and O–H groups in total. The summed E-state index contributed by atoms with van der Waals surface area (Å²) < 4.78 is 9.96. The Hall–Kier alpha value is -2.27. The Balaban J connectivity index is 1.87. The van der Waals surface area contributed by atoms with Crippen molar-refractivity contribution in [3.8, 4) is 0 Å². The Morgan fingerprint density at radius 3 is 2.68 bits per heavy atom. The van der Waals surface area contributed by atoms with Gasteiger partial charge in [-0.25, -0.2) is 4.79 Å². The zero-order valence-electron chi connectivity index (χ0n) is 12.3. The van der Waals surface area contributed by atoms with E-state index in [1.165, 1.54) is 12.3 Å². The summed E-state index contributed by atoms with van der Waals surface area (Å²) >= 11 is 6.07. The number of aryl methyl sites for hydroxylation is 1. The lowest BCUT2D eigenvalue weighted by molar-refractivity contribution is -0.124. The molecule has 0 fully saturated rings. The summed E-state index contributed by atoms with van der Waals surface area (Å²) in [7, 11) is 0. The lowest BCUT2D eigenvalue weighted by Gasteiger charge is -2.15. The molecule has 1 heterocycles. The molecule has 116 valence electrons. The number of benzene rings is 1. The Labute approximate surface area is 133 Å². The van der Waals surface area contributed by atoms with Crippen LogP contribution in [0, 0.1) is 6.92 Å². The van der Waals surface area contributed by atoms with Crippen LogP contribution in [0.1, 0.15) is 34.6 Å². The molecule has 0 radical (unpaired) electrons. The smallest absolute Gasteiger partial charge is 0.342 e. The van der Waals surface area contributed by atoms with Gasteiger partial charge in [-0.15, -0.1) is 0 Å². The standard InChI is InChI=1S/C16H16ClNO4/c1-10(12-5-3-4-6-14(12)17)18-15(19)9-22-16(20)13-7-8-21-11(13)2/h3-8,10H,9H2,1-2H3,(H,18,19)/t10-/m1/s1. The van der Waals surface area contributed by atoms with Gasteiger partial charge in [-0.05, 0) is 31.5 Å². The van der Waals surface area contributed by atoms with Crippen LogP contribution in [0.25, 0.3) is 0 Å². The molecule has 0 bridgehead atoms. The molecular formula is C16H16ClNO4. The number of furan rings is 1. The highest BCUT2D eigenvalue weighted by Gasteiger charge is 2.16. The monoisotopic (exact) mass is 321 g/mol. The van der Waals surface area contributed by atoms with Crippen molar-refractivity contribution in [1.82, 2.24) is 5.32 Å². The number of nitrogens with one attached hydrogen (secondary N) is 1. The average molecular weight is 322 g/mol. The quantitative estimate of drug-likeness (QED) is 0.858. The minimum absolute atomic E-state index is 0.282. The molecule has 0 unspecified atom stereocenters. The van der Waals surface area contributed by atoms with Gasteiger partial charge in [0.05, 0.1) is 12.3 Å². The number of hydrogen-bond donors (Lipinski definition) is 1. The molecule has 0 saturated carbocycles. The molecular weight excluding hydrogens is 306 g/mol. The first-order valence-electron chi connectivity index (χ1n) is 6.74. The van der Waals surface area contributed by atoms with Crippen molar-refractivity contribution in [2.24, 2.45) is 0 Å². The van der Waals surface area contributed by atoms with Crippen LogP contribution < -0.4 is 5.32 Å². The summed E-state index contributed by atoms with van der Waals surface area (Å²) in [5.41, 5.74) is 1.11. The maximum Gasteiger partial charge on any atom is 0.342 e. The molecule has 0 saturated heterocycles. The number of rotatable bonds is 5. The van der Waals surface area contributed by atoms with Crippen molar-refractivity contribution in [2.45, 2.75) is 19.9 Å². The predicted molar refractivity (Wildman–Crippen MR) is 81.7 cm³/mol. The molecule has 0 aliphatic rings. The number of esters is 1. The van der Waals surface area contributed by atoms with Gasteiger partial charge in [0.15, 0.2) is 6.61 Å². The number of carbonyl (C=O) groups is 2. The number of carbonyl (C=O) groups excluding carboxylic acids is 2. The van der Waals surface area contributed by atoms with Gasteiger partial charge in [0, 0.05) is 5.02 Å². The number of halogens is 1. The van der Waals surface area contributed by atoms with Crippen LogP contribution in [-0.4, -0.2) is 18.5 Å². The summed E-state index contributed by atoms with van der Waals surface area (Å²) in [6.45, 7) is 3.09. The topological polar surface area (TPSA) is 68.5 Å². The molecule has 1 amide bonds. The van der Waals surface area contributed by atoms with Crippen LogP contribution in [0.5, 0.6) is 0 Å². The summed E-state index contributed by atoms with van der Waals surface area (Å²) in [4.78, 5) is 23.6. The average Bonchev–Trinajstić information content (AvgIpc) is 2.91. The Kier molecular flexibility index (Phi) is 5.22. The number of amides is 1. The minimum atomic E-state index is -0.591. The van der Waals surface area contributed by atoms with Crippen molar-refractivity contribution in [1.29, 1.82) is 0 Å². The fourth-order valence-electron chi connectivity index (χ4n) is 1.99. The van der Waals surface area contributed by atoms with Crippen molar-refractivity contribution in [3.63, 3.8) is 0 Å². The molecule has 22 heavy (non-hydrogen) atoms. The zero-order valence-corrected chi connectivity index (χ0v) is 13.0. The normalized spacial score (nSPS) is 11.8. The highest BCUT2D eigenvalue weighted by Crippen LogP contribution is 2.21. The van der Waals surface area contributed by atoms with Gasteiger partial charge in [-0.1, -0.05) is 29.8 Å². The Morgan fingerprint density at radius 1 is 1.32 bits per heavy atom. The van der Waals surface area contributed by atoms with Gasteiger partial charge >= 0.3 is 5.97 Å². The maximum atomic E-state index is 11.8. The predicted octanol–water partition coefficient (Wildman–Crippen LogP) is 3.28. The van der Waals surface area contributed by atoms with Gasteiger partial charge in [0.2, 0.25) is 0 Å². The van der Waals surface area contributed by atoms with Crippen LogP contribution in [0.15, 0.2) is 41.0 Å². The molecule has 5 nitrogen and oxygen atoms in total. The van der Waals surface area contributed by atoms with Gasteiger partial charge in [0.25, 0.3) is 5.91 Å². The first-order chi connectivity index (χ1) is 10.5. The minimum Gasteiger partial charge on any atom is -0.469 e. The van der Waals surface area contributed by atoms with Crippen molar-refractivity contribution in [2.75, 3.05) is 6.61 Å². The van der Waals surface area contributed by atoms with E-state index in [0.29, 0.717) is 16.3 Å². The van der Waals surface area contributed by atoms with E-state index in [1.54, 1.807) is 19.9 Å². The van der Waals surface area contributed by atoms with Crippen molar-refractivity contribution in [3.05, 3.63) is 58.5 Å². The van der Waals surface area contributed by atoms with Crippen molar-refractivity contribution >= 4 is 23.5 Å². The Morgan fingerprint density at radius 2 is 2.05 bits per heavy atom. The van der Waals surface area contributed by atoms with E-state index in [2.05, 4.69) is 5.32 Å². The van der Waals surface area contributed by atoms with Crippen LogP contribution in [0.4, 0.5) is 0 Å². The molecule has 0 aliphatic carbocycles. The summed E-state index contributed by atoms with van der Waals surface area (Å²) in [5, 5.41) is 3.30. The van der Waals surface area contributed by atoms with E-state index in [4.69, 9.17) is 20.8 Å². The van der Waals surface area contributed by atoms with E-state index in [9.17, 15) is 9.59 Å². The first-order valence-corrected chi connectivity index (χ1v) is 7.12. The molecule has 0 spiro atoms. The van der Waals surface area contributed by atoms with Crippen LogP contribution in [0.2, 0.25) is 5.02 Å².